The standard InChI is InChI=1S/C19H13NO3/c21-17-12-14(22-13-6-2-1-3-7-13)10-11-15(17)19-20-16-8-4-5-9-18(16)23-19/h1-12,21H. The predicted octanol–water partition coefficient (Wildman–Crippen LogP) is 4.99. The quantitative estimate of drug-likeness (QED) is 0.579. The number of fused-ring (bicyclic) bond motifs is 1. The molecule has 4 rings (SSSR count). The van der Waals surface area contributed by atoms with Gasteiger partial charge in [0.05, 0.1) is 5.56 Å². The Kier molecular flexibility index (Phi) is 3.20. The van der Waals surface area contributed by atoms with Gasteiger partial charge in [0.2, 0.25) is 5.89 Å². The fourth-order valence-corrected chi connectivity index (χ4v) is 2.37. The Hall–Kier alpha value is -3.27. The van der Waals surface area contributed by atoms with Gasteiger partial charge in [-0.25, -0.2) is 4.98 Å². The van der Waals surface area contributed by atoms with E-state index in [-0.39, 0.29) is 5.75 Å². The van der Waals surface area contributed by atoms with Crippen molar-refractivity contribution in [1.82, 2.24) is 4.98 Å². The smallest absolute Gasteiger partial charge is 0.231 e. The van der Waals surface area contributed by atoms with Crippen LogP contribution in [0.5, 0.6) is 17.2 Å². The summed E-state index contributed by atoms with van der Waals surface area (Å²) >= 11 is 0. The summed E-state index contributed by atoms with van der Waals surface area (Å²) in [6, 6.07) is 22.0. The maximum absolute atomic E-state index is 10.3. The summed E-state index contributed by atoms with van der Waals surface area (Å²) in [5, 5.41) is 10.3. The Morgan fingerprint density at radius 1 is 0.826 bits per heavy atom. The lowest BCUT2D eigenvalue weighted by Gasteiger charge is -2.07. The number of aromatic hydroxyl groups is 1. The molecule has 23 heavy (non-hydrogen) atoms. The first kappa shape index (κ1) is 13.4. The lowest BCUT2D eigenvalue weighted by molar-refractivity contribution is 0.454. The molecule has 0 saturated heterocycles. The van der Waals surface area contributed by atoms with Crippen LogP contribution < -0.4 is 4.74 Å². The van der Waals surface area contributed by atoms with E-state index in [1.165, 1.54) is 0 Å². The molecule has 0 radical (unpaired) electrons. The van der Waals surface area contributed by atoms with Crippen LogP contribution in [0.3, 0.4) is 0 Å². The van der Waals surface area contributed by atoms with Crippen molar-refractivity contribution in [3.05, 3.63) is 72.8 Å². The average Bonchev–Trinajstić information content (AvgIpc) is 2.99. The van der Waals surface area contributed by atoms with Crippen molar-refractivity contribution < 1.29 is 14.3 Å². The minimum atomic E-state index is 0.0602. The number of phenolic OH excluding ortho intramolecular Hbond substituents is 1. The Morgan fingerprint density at radius 3 is 2.39 bits per heavy atom. The van der Waals surface area contributed by atoms with Crippen LogP contribution in [0.15, 0.2) is 77.2 Å². The molecule has 1 aromatic heterocycles. The van der Waals surface area contributed by atoms with Crippen LogP contribution in [0, 0.1) is 0 Å². The van der Waals surface area contributed by atoms with E-state index in [1.807, 2.05) is 54.6 Å². The van der Waals surface area contributed by atoms with Gasteiger partial charge in [0.25, 0.3) is 0 Å². The number of aromatic nitrogens is 1. The second-order valence-corrected chi connectivity index (χ2v) is 5.08. The number of hydrogen-bond acceptors (Lipinski definition) is 4. The Bertz CT molecular complexity index is 928. The number of oxazole rings is 1. The molecule has 4 heteroatoms. The highest BCUT2D eigenvalue weighted by Gasteiger charge is 2.13. The summed E-state index contributed by atoms with van der Waals surface area (Å²) in [6.07, 6.45) is 0. The fraction of sp³-hybridized carbons (Fsp3) is 0. The molecule has 4 nitrogen and oxygen atoms in total. The summed E-state index contributed by atoms with van der Waals surface area (Å²) < 4.78 is 11.4. The Labute approximate surface area is 132 Å². The van der Waals surface area contributed by atoms with Gasteiger partial charge < -0.3 is 14.3 Å². The van der Waals surface area contributed by atoms with Crippen molar-refractivity contribution in [3.63, 3.8) is 0 Å². The van der Waals surface area contributed by atoms with Crippen molar-refractivity contribution >= 4 is 11.1 Å². The molecule has 0 aliphatic carbocycles. The molecule has 0 spiro atoms. The molecule has 0 amide bonds. The van der Waals surface area contributed by atoms with E-state index in [0.717, 1.165) is 5.52 Å². The van der Waals surface area contributed by atoms with Gasteiger partial charge in [0.15, 0.2) is 5.58 Å². The summed E-state index contributed by atoms with van der Waals surface area (Å²) in [6.45, 7) is 0. The molecule has 1 heterocycles. The minimum Gasteiger partial charge on any atom is -0.507 e. The van der Waals surface area contributed by atoms with E-state index in [0.29, 0.717) is 28.5 Å². The molecule has 0 aliphatic rings. The first-order valence-corrected chi connectivity index (χ1v) is 7.21. The molecule has 0 unspecified atom stereocenters. The number of benzene rings is 3. The Morgan fingerprint density at radius 2 is 1.61 bits per heavy atom. The summed E-state index contributed by atoms with van der Waals surface area (Å²) in [4.78, 5) is 4.39. The molecule has 3 aromatic carbocycles. The maximum Gasteiger partial charge on any atom is 0.231 e. The van der Waals surface area contributed by atoms with Gasteiger partial charge in [-0.05, 0) is 36.4 Å². The molecule has 4 aromatic rings. The van der Waals surface area contributed by atoms with Gasteiger partial charge in [0, 0.05) is 6.07 Å². The van der Waals surface area contributed by atoms with Crippen LogP contribution in [0.25, 0.3) is 22.6 Å². The fourth-order valence-electron chi connectivity index (χ4n) is 2.37. The highest BCUT2D eigenvalue weighted by Crippen LogP contribution is 2.34. The molecule has 0 atom stereocenters. The average molecular weight is 303 g/mol. The molecule has 0 fully saturated rings. The molecule has 112 valence electrons. The first-order chi connectivity index (χ1) is 11.3. The number of para-hydroxylation sites is 3. The number of rotatable bonds is 3. The number of ether oxygens (including phenoxy) is 1. The second kappa shape index (κ2) is 5.50. The minimum absolute atomic E-state index is 0.0602. The van der Waals surface area contributed by atoms with Crippen LogP contribution >= 0.6 is 0 Å². The third-order valence-electron chi connectivity index (χ3n) is 3.47. The molecule has 0 saturated carbocycles. The van der Waals surface area contributed by atoms with Gasteiger partial charge in [-0.3, -0.25) is 0 Å². The van der Waals surface area contributed by atoms with Crippen molar-refractivity contribution in [3.8, 4) is 28.7 Å². The van der Waals surface area contributed by atoms with Gasteiger partial charge in [-0.1, -0.05) is 30.3 Å². The van der Waals surface area contributed by atoms with E-state index < -0.39 is 0 Å². The Balaban J connectivity index is 1.68. The van der Waals surface area contributed by atoms with Crippen LogP contribution in [0.2, 0.25) is 0 Å². The first-order valence-electron chi connectivity index (χ1n) is 7.21. The van der Waals surface area contributed by atoms with Crippen LogP contribution in [0.1, 0.15) is 0 Å². The number of nitrogens with zero attached hydrogens (tertiary/aromatic N) is 1. The number of phenols is 1. The second-order valence-electron chi connectivity index (χ2n) is 5.08. The maximum atomic E-state index is 10.3. The van der Waals surface area contributed by atoms with Crippen LogP contribution in [-0.2, 0) is 0 Å². The lowest BCUT2D eigenvalue weighted by atomic mass is 10.2. The lowest BCUT2D eigenvalue weighted by Crippen LogP contribution is -1.85. The summed E-state index contributed by atoms with van der Waals surface area (Å²) in [5.74, 6) is 1.70. The largest absolute Gasteiger partial charge is 0.507 e. The zero-order valence-electron chi connectivity index (χ0n) is 12.1. The van der Waals surface area contributed by atoms with Gasteiger partial charge in [0.1, 0.15) is 22.8 Å². The molecule has 0 aliphatic heterocycles. The highest BCUT2D eigenvalue weighted by molar-refractivity contribution is 5.77. The highest BCUT2D eigenvalue weighted by atomic mass is 16.5. The SMILES string of the molecule is Oc1cc(Oc2ccccc2)ccc1-c1nc2ccccc2o1. The van der Waals surface area contributed by atoms with Crippen molar-refractivity contribution in [2.75, 3.05) is 0 Å². The van der Waals surface area contributed by atoms with Gasteiger partial charge >= 0.3 is 0 Å². The normalized spacial score (nSPS) is 10.8. The molecular weight excluding hydrogens is 290 g/mol. The van der Waals surface area contributed by atoms with Crippen molar-refractivity contribution in [1.29, 1.82) is 0 Å². The van der Waals surface area contributed by atoms with Crippen LogP contribution in [0.4, 0.5) is 0 Å². The van der Waals surface area contributed by atoms with Crippen molar-refractivity contribution in [2.45, 2.75) is 0 Å². The predicted molar refractivity (Wildman–Crippen MR) is 87.6 cm³/mol. The van der Waals surface area contributed by atoms with E-state index in [1.54, 1.807) is 18.2 Å². The molecule has 0 bridgehead atoms. The van der Waals surface area contributed by atoms with E-state index in [2.05, 4.69) is 4.98 Å². The topological polar surface area (TPSA) is 55.5 Å². The third-order valence-corrected chi connectivity index (χ3v) is 3.47. The van der Waals surface area contributed by atoms with Gasteiger partial charge in [-0.2, -0.15) is 0 Å². The van der Waals surface area contributed by atoms with E-state index >= 15 is 0 Å². The monoisotopic (exact) mass is 303 g/mol. The van der Waals surface area contributed by atoms with Gasteiger partial charge in [-0.15, -0.1) is 0 Å². The van der Waals surface area contributed by atoms with E-state index in [9.17, 15) is 5.11 Å². The summed E-state index contributed by atoms with van der Waals surface area (Å²) in [7, 11) is 0. The third kappa shape index (κ3) is 2.62. The zero-order chi connectivity index (χ0) is 15.6. The molecule has 1 N–H and O–H groups in total. The summed E-state index contributed by atoms with van der Waals surface area (Å²) in [5.41, 5.74) is 1.97. The van der Waals surface area contributed by atoms with Crippen molar-refractivity contribution in [2.24, 2.45) is 0 Å². The van der Waals surface area contributed by atoms with E-state index in [4.69, 9.17) is 9.15 Å². The number of hydrogen-bond donors (Lipinski definition) is 1. The van der Waals surface area contributed by atoms with Crippen LogP contribution in [-0.4, -0.2) is 10.1 Å². The molecular formula is C19H13NO3. The zero-order valence-corrected chi connectivity index (χ0v) is 12.1.